The van der Waals surface area contributed by atoms with Gasteiger partial charge in [0.1, 0.15) is 5.82 Å². The lowest BCUT2D eigenvalue weighted by molar-refractivity contribution is -0.119. The molecule has 1 aromatic carbocycles. The van der Waals surface area contributed by atoms with Crippen molar-refractivity contribution in [3.8, 4) is 0 Å². The highest BCUT2D eigenvalue weighted by molar-refractivity contribution is 8.00. The van der Waals surface area contributed by atoms with Crippen LogP contribution in [0.15, 0.2) is 29.2 Å². The van der Waals surface area contributed by atoms with Gasteiger partial charge in [-0.1, -0.05) is 32.0 Å². The first-order chi connectivity index (χ1) is 10.5. The Morgan fingerprint density at radius 3 is 2.64 bits per heavy atom. The molecule has 1 heterocycles. The number of benzene rings is 1. The number of H-pyrrole nitrogens is 1. The lowest BCUT2D eigenvalue weighted by atomic mass is 10.0. The first-order valence-corrected chi connectivity index (χ1v) is 8.32. The van der Waals surface area contributed by atoms with Crippen molar-refractivity contribution in [2.24, 2.45) is 5.92 Å². The minimum absolute atomic E-state index is 0.00518. The van der Waals surface area contributed by atoms with E-state index in [0.29, 0.717) is 11.6 Å². The molecule has 1 atom stereocenters. The molecule has 0 spiro atoms. The fourth-order valence-corrected chi connectivity index (χ4v) is 2.95. The number of rotatable bonds is 6. The van der Waals surface area contributed by atoms with E-state index >= 15 is 0 Å². The fourth-order valence-electron chi connectivity index (χ4n) is 2.11. The Kier molecular flexibility index (Phi) is 5.60. The third-order valence-electron chi connectivity index (χ3n) is 3.33. The number of nitrogens with zero attached hydrogens (tertiary/aromatic N) is 2. The average Bonchev–Trinajstić information content (AvgIpc) is 2.90. The molecule has 118 valence electrons. The van der Waals surface area contributed by atoms with Gasteiger partial charge in [-0.05, 0) is 31.4 Å². The van der Waals surface area contributed by atoms with Gasteiger partial charge in [-0.2, -0.15) is 5.10 Å². The van der Waals surface area contributed by atoms with Crippen molar-refractivity contribution < 1.29 is 4.79 Å². The molecule has 1 unspecified atom stereocenters. The Morgan fingerprint density at radius 1 is 1.32 bits per heavy atom. The monoisotopic (exact) mass is 318 g/mol. The predicted octanol–water partition coefficient (Wildman–Crippen LogP) is 3.03. The maximum Gasteiger partial charge on any atom is 0.230 e. The Labute approximate surface area is 135 Å². The molecule has 2 N–H and O–H groups in total. The standard InChI is InChI=1S/C16H22N4OS/c1-10(2)15(16-17-12(4)19-20-16)18-14(21)9-22-13-8-6-5-7-11(13)3/h5-8,10,15H,9H2,1-4H3,(H,18,21)(H,17,19,20). The molecule has 0 bridgehead atoms. The topological polar surface area (TPSA) is 70.7 Å². The van der Waals surface area contributed by atoms with Gasteiger partial charge in [-0.25, -0.2) is 4.98 Å². The first-order valence-electron chi connectivity index (χ1n) is 7.34. The van der Waals surface area contributed by atoms with Crippen molar-refractivity contribution in [2.75, 3.05) is 5.75 Å². The molecule has 0 aliphatic rings. The van der Waals surface area contributed by atoms with Crippen LogP contribution in [0.1, 0.15) is 37.1 Å². The summed E-state index contributed by atoms with van der Waals surface area (Å²) in [6, 6.07) is 7.90. The Balaban J connectivity index is 1.96. The number of aromatic nitrogens is 3. The number of aryl methyl sites for hydroxylation is 2. The van der Waals surface area contributed by atoms with Gasteiger partial charge in [0.2, 0.25) is 5.91 Å². The number of amides is 1. The third-order valence-corrected chi connectivity index (χ3v) is 4.50. The molecule has 0 aliphatic heterocycles. The molecule has 22 heavy (non-hydrogen) atoms. The molecule has 0 radical (unpaired) electrons. The van der Waals surface area contributed by atoms with Crippen molar-refractivity contribution in [1.82, 2.24) is 20.5 Å². The summed E-state index contributed by atoms with van der Waals surface area (Å²) >= 11 is 1.55. The van der Waals surface area contributed by atoms with Crippen LogP contribution < -0.4 is 5.32 Å². The van der Waals surface area contributed by atoms with Crippen molar-refractivity contribution in [2.45, 2.75) is 38.6 Å². The number of hydrogen-bond acceptors (Lipinski definition) is 4. The highest BCUT2D eigenvalue weighted by Gasteiger charge is 2.22. The molecule has 0 aliphatic carbocycles. The van der Waals surface area contributed by atoms with E-state index in [9.17, 15) is 4.79 Å². The smallest absolute Gasteiger partial charge is 0.230 e. The van der Waals surface area contributed by atoms with Gasteiger partial charge >= 0.3 is 0 Å². The number of hydrogen-bond donors (Lipinski definition) is 2. The zero-order valence-corrected chi connectivity index (χ0v) is 14.2. The minimum Gasteiger partial charge on any atom is -0.345 e. The Morgan fingerprint density at radius 2 is 2.05 bits per heavy atom. The lowest BCUT2D eigenvalue weighted by Gasteiger charge is -2.19. The third kappa shape index (κ3) is 4.34. The summed E-state index contributed by atoms with van der Waals surface area (Å²) in [5.41, 5.74) is 1.19. The van der Waals surface area contributed by atoms with Crippen molar-refractivity contribution in [1.29, 1.82) is 0 Å². The molecule has 1 amide bonds. The molecule has 0 fully saturated rings. The average molecular weight is 318 g/mol. The van der Waals surface area contributed by atoms with E-state index in [-0.39, 0.29) is 17.9 Å². The summed E-state index contributed by atoms with van der Waals surface area (Å²) in [4.78, 5) is 17.7. The maximum atomic E-state index is 12.2. The van der Waals surface area contributed by atoms with Crippen molar-refractivity contribution >= 4 is 17.7 Å². The van der Waals surface area contributed by atoms with Crippen molar-refractivity contribution in [3.63, 3.8) is 0 Å². The Bertz CT molecular complexity index is 639. The molecule has 5 nitrogen and oxygen atoms in total. The van der Waals surface area contributed by atoms with Crippen LogP contribution >= 0.6 is 11.8 Å². The van der Waals surface area contributed by atoms with Crippen LogP contribution in [-0.2, 0) is 4.79 Å². The summed E-state index contributed by atoms with van der Waals surface area (Å²) in [6.45, 7) is 7.99. The highest BCUT2D eigenvalue weighted by Crippen LogP contribution is 2.23. The van der Waals surface area contributed by atoms with Gasteiger partial charge < -0.3 is 5.32 Å². The van der Waals surface area contributed by atoms with Gasteiger partial charge in [0.05, 0.1) is 11.8 Å². The number of thioether (sulfide) groups is 1. The molecule has 2 rings (SSSR count). The molecule has 0 saturated carbocycles. The van der Waals surface area contributed by atoms with E-state index in [1.54, 1.807) is 11.8 Å². The van der Waals surface area contributed by atoms with E-state index < -0.39 is 0 Å². The van der Waals surface area contributed by atoms with E-state index in [1.165, 1.54) is 5.56 Å². The first kappa shape index (κ1) is 16.5. The SMILES string of the molecule is Cc1nc(C(NC(=O)CSc2ccccc2C)C(C)C)n[nH]1. The highest BCUT2D eigenvalue weighted by atomic mass is 32.2. The second kappa shape index (κ2) is 7.45. The van der Waals surface area contributed by atoms with E-state index in [2.05, 4.69) is 20.5 Å². The van der Waals surface area contributed by atoms with Gasteiger partial charge in [0, 0.05) is 4.90 Å². The maximum absolute atomic E-state index is 12.2. The molecular weight excluding hydrogens is 296 g/mol. The summed E-state index contributed by atoms with van der Waals surface area (Å²) in [5.74, 6) is 2.00. The quantitative estimate of drug-likeness (QED) is 0.803. The number of aromatic amines is 1. The van der Waals surface area contributed by atoms with Gasteiger partial charge in [-0.3, -0.25) is 9.89 Å². The minimum atomic E-state index is -0.171. The van der Waals surface area contributed by atoms with Crippen LogP contribution in [0.5, 0.6) is 0 Å². The number of nitrogens with one attached hydrogen (secondary N) is 2. The number of carbonyl (C=O) groups excluding carboxylic acids is 1. The molecule has 0 saturated heterocycles. The van der Waals surface area contributed by atoms with E-state index in [4.69, 9.17) is 0 Å². The largest absolute Gasteiger partial charge is 0.345 e. The van der Waals surface area contributed by atoms with Crippen molar-refractivity contribution in [3.05, 3.63) is 41.5 Å². The van der Waals surface area contributed by atoms with Crippen LogP contribution in [0, 0.1) is 19.8 Å². The second-order valence-electron chi connectivity index (χ2n) is 5.62. The van der Waals surface area contributed by atoms with Crippen LogP contribution in [0.2, 0.25) is 0 Å². The summed E-state index contributed by atoms with van der Waals surface area (Å²) < 4.78 is 0. The van der Waals surface area contributed by atoms with Crippen LogP contribution in [0.25, 0.3) is 0 Å². The molecule has 1 aromatic heterocycles. The predicted molar refractivity (Wildman–Crippen MR) is 88.7 cm³/mol. The summed E-state index contributed by atoms with van der Waals surface area (Å²) in [5, 5.41) is 10.0. The fraction of sp³-hybridized carbons (Fsp3) is 0.438. The zero-order chi connectivity index (χ0) is 16.1. The molecule has 2 aromatic rings. The second-order valence-corrected chi connectivity index (χ2v) is 6.64. The molecular formula is C16H22N4OS. The number of carbonyl (C=O) groups is 1. The van der Waals surface area contributed by atoms with E-state index in [0.717, 1.165) is 10.7 Å². The van der Waals surface area contributed by atoms with Crippen LogP contribution in [0.4, 0.5) is 0 Å². The Hall–Kier alpha value is -1.82. The normalized spacial score (nSPS) is 12.4. The van der Waals surface area contributed by atoms with Crippen LogP contribution in [0.3, 0.4) is 0 Å². The van der Waals surface area contributed by atoms with Gasteiger partial charge in [0.25, 0.3) is 0 Å². The molecule has 6 heteroatoms. The van der Waals surface area contributed by atoms with E-state index in [1.807, 2.05) is 52.0 Å². The van der Waals surface area contributed by atoms with Gasteiger partial charge in [0.15, 0.2) is 5.82 Å². The summed E-state index contributed by atoms with van der Waals surface area (Å²) in [6.07, 6.45) is 0. The summed E-state index contributed by atoms with van der Waals surface area (Å²) in [7, 11) is 0. The lowest BCUT2D eigenvalue weighted by Crippen LogP contribution is -2.33. The zero-order valence-electron chi connectivity index (χ0n) is 13.4. The van der Waals surface area contributed by atoms with Gasteiger partial charge in [-0.15, -0.1) is 11.8 Å². The van der Waals surface area contributed by atoms with Crippen LogP contribution in [-0.4, -0.2) is 26.8 Å².